The molecule has 0 bridgehead atoms. The molecular weight excluding hydrogens is 202 g/mol. The summed E-state index contributed by atoms with van der Waals surface area (Å²) in [6.45, 7) is 3.83. The molecule has 2 aromatic heterocycles. The summed E-state index contributed by atoms with van der Waals surface area (Å²) in [4.78, 5) is 4.25. The molecule has 0 aliphatic rings. The number of aryl methyl sites for hydroxylation is 2. The average Bonchev–Trinajstić information content (AvgIpc) is 2.86. The van der Waals surface area contributed by atoms with E-state index in [0.717, 1.165) is 31.0 Å². The minimum atomic E-state index is 0.724. The first-order valence-corrected chi connectivity index (χ1v) is 5.52. The maximum absolute atomic E-state index is 4.26. The van der Waals surface area contributed by atoms with Crippen LogP contribution in [0.5, 0.6) is 0 Å². The van der Waals surface area contributed by atoms with Crippen molar-refractivity contribution < 1.29 is 0 Å². The Morgan fingerprint density at radius 1 is 1.44 bits per heavy atom. The Morgan fingerprint density at radius 3 is 3.00 bits per heavy atom. The van der Waals surface area contributed by atoms with Crippen molar-refractivity contribution in [3.63, 3.8) is 0 Å². The summed E-state index contributed by atoms with van der Waals surface area (Å²) in [5.74, 6) is 1.02. The predicted octanol–water partition coefficient (Wildman–Crippen LogP) is 1.64. The molecule has 0 saturated carbocycles. The smallest absolute Gasteiger partial charge is 0.127 e. The molecule has 0 amide bonds. The van der Waals surface area contributed by atoms with Crippen LogP contribution in [0, 0.1) is 0 Å². The van der Waals surface area contributed by atoms with E-state index in [1.807, 2.05) is 34.9 Å². The first kappa shape index (κ1) is 10.7. The summed E-state index contributed by atoms with van der Waals surface area (Å²) in [5, 5.41) is 7.56. The van der Waals surface area contributed by atoms with E-state index in [2.05, 4.69) is 22.3 Å². The molecule has 0 aliphatic carbocycles. The van der Waals surface area contributed by atoms with E-state index in [-0.39, 0.29) is 0 Å². The van der Waals surface area contributed by atoms with Crippen molar-refractivity contribution in [3.8, 4) is 0 Å². The van der Waals surface area contributed by atoms with Gasteiger partial charge in [-0.05, 0) is 6.42 Å². The van der Waals surface area contributed by atoms with Crippen LogP contribution in [0.15, 0.2) is 24.8 Å². The van der Waals surface area contributed by atoms with E-state index in [1.54, 1.807) is 6.20 Å². The van der Waals surface area contributed by atoms with Gasteiger partial charge in [0.1, 0.15) is 5.82 Å². The minimum Gasteiger partial charge on any atom is -0.375 e. The molecule has 16 heavy (non-hydrogen) atoms. The predicted molar refractivity (Wildman–Crippen MR) is 63.1 cm³/mol. The highest BCUT2D eigenvalue weighted by molar-refractivity contribution is 5.38. The van der Waals surface area contributed by atoms with Crippen LogP contribution in [0.4, 0.5) is 5.69 Å². The number of imidazole rings is 1. The third kappa shape index (κ3) is 2.42. The number of rotatable bonds is 5. The van der Waals surface area contributed by atoms with Crippen molar-refractivity contribution in [1.29, 1.82) is 0 Å². The summed E-state index contributed by atoms with van der Waals surface area (Å²) < 4.78 is 3.95. The van der Waals surface area contributed by atoms with Crippen LogP contribution in [0.3, 0.4) is 0 Å². The van der Waals surface area contributed by atoms with E-state index in [9.17, 15) is 0 Å². The van der Waals surface area contributed by atoms with Gasteiger partial charge >= 0.3 is 0 Å². The van der Waals surface area contributed by atoms with E-state index < -0.39 is 0 Å². The molecule has 0 aliphatic heterocycles. The molecule has 5 heteroatoms. The standard InChI is InChI=1S/C11H17N5/c1-3-5-16-9-10(7-14-16)13-8-11-12-4-6-15(11)2/h4,6-7,9,13H,3,5,8H2,1-2H3. The van der Waals surface area contributed by atoms with Crippen LogP contribution < -0.4 is 5.32 Å². The Kier molecular flexibility index (Phi) is 3.24. The Hall–Kier alpha value is -1.78. The Labute approximate surface area is 95.1 Å². The second-order valence-electron chi connectivity index (χ2n) is 3.80. The lowest BCUT2D eigenvalue weighted by Crippen LogP contribution is -2.05. The molecule has 0 aromatic carbocycles. The van der Waals surface area contributed by atoms with Crippen molar-refractivity contribution >= 4 is 5.69 Å². The first-order valence-electron chi connectivity index (χ1n) is 5.52. The molecule has 1 N–H and O–H groups in total. The van der Waals surface area contributed by atoms with Gasteiger partial charge in [-0.3, -0.25) is 4.68 Å². The van der Waals surface area contributed by atoms with Crippen LogP contribution in [-0.4, -0.2) is 19.3 Å². The zero-order valence-electron chi connectivity index (χ0n) is 9.72. The largest absolute Gasteiger partial charge is 0.375 e. The molecule has 2 heterocycles. The average molecular weight is 219 g/mol. The summed E-state index contributed by atoms with van der Waals surface area (Å²) in [7, 11) is 1.99. The van der Waals surface area contributed by atoms with Gasteiger partial charge in [0, 0.05) is 32.2 Å². The fourth-order valence-electron chi connectivity index (χ4n) is 1.55. The molecule has 0 atom stereocenters. The molecule has 2 aromatic rings. The number of nitrogens with one attached hydrogen (secondary N) is 1. The molecule has 0 unspecified atom stereocenters. The number of anilines is 1. The number of aromatic nitrogens is 4. The Balaban J connectivity index is 1.92. The normalized spacial score (nSPS) is 10.6. The number of nitrogens with zero attached hydrogens (tertiary/aromatic N) is 4. The van der Waals surface area contributed by atoms with Gasteiger partial charge in [0.15, 0.2) is 0 Å². The van der Waals surface area contributed by atoms with Crippen LogP contribution in [-0.2, 0) is 20.1 Å². The van der Waals surface area contributed by atoms with Gasteiger partial charge < -0.3 is 9.88 Å². The molecule has 0 spiro atoms. The zero-order chi connectivity index (χ0) is 11.4. The zero-order valence-corrected chi connectivity index (χ0v) is 9.72. The minimum absolute atomic E-state index is 0.724. The van der Waals surface area contributed by atoms with E-state index in [4.69, 9.17) is 0 Å². The summed E-state index contributed by atoms with van der Waals surface area (Å²) in [5.41, 5.74) is 1.04. The quantitative estimate of drug-likeness (QED) is 0.831. The molecule has 0 saturated heterocycles. The third-order valence-electron chi connectivity index (χ3n) is 2.46. The van der Waals surface area contributed by atoms with Crippen LogP contribution in [0.1, 0.15) is 19.2 Å². The van der Waals surface area contributed by atoms with Gasteiger partial charge in [-0.15, -0.1) is 0 Å². The highest BCUT2D eigenvalue weighted by Crippen LogP contribution is 2.07. The molecule has 5 nitrogen and oxygen atoms in total. The van der Waals surface area contributed by atoms with Gasteiger partial charge in [-0.25, -0.2) is 4.98 Å². The monoisotopic (exact) mass is 219 g/mol. The van der Waals surface area contributed by atoms with Gasteiger partial charge in [0.05, 0.1) is 18.4 Å². The lowest BCUT2D eigenvalue weighted by molar-refractivity contribution is 0.603. The Bertz CT molecular complexity index is 443. The first-order chi connectivity index (χ1) is 7.79. The van der Waals surface area contributed by atoms with Crippen molar-refractivity contribution in [2.45, 2.75) is 26.4 Å². The second kappa shape index (κ2) is 4.83. The van der Waals surface area contributed by atoms with Gasteiger partial charge in [-0.2, -0.15) is 5.10 Å². The van der Waals surface area contributed by atoms with Crippen molar-refractivity contribution in [2.24, 2.45) is 7.05 Å². The Morgan fingerprint density at radius 2 is 2.31 bits per heavy atom. The van der Waals surface area contributed by atoms with E-state index in [0.29, 0.717) is 0 Å². The van der Waals surface area contributed by atoms with Crippen molar-refractivity contribution in [2.75, 3.05) is 5.32 Å². The fraction of sp³-hybridized carbons (Fsp3) is 0.455. The summed E-state index contributed by atoms with van der Waals surface area (Å²) >= 11 is 0. The summed E-state index contributed by atoms with van der Waals surface area (Å²) in [6.07, 6.45) is 8.71. The van der Waals surface area contributed by atoms with E-state index >= 15 is 0 Å². The highest BCUT2D eigenvalue weighted by atomic mass is 15.3. The SMILES string of the molecule is CCCn1cc(NCc2nccn2C)cn1. The second-order valence-corrected chi connectivity index (χ2v) is 3.80. The van der Waals surface area contributed by atoms with E-state index in [1.165, 1.54) is 0 Å². The topological polar surface area (TPSA) is 47.7 Å². The highest BCUT2D eigenvalue weighted by Gasteiger charge is 2.00. The van der Waals surface area contributed by atoms with Crippen LogP contribution in [0.25, 0.3) is 0 Å². The third-order valence-corrected chi connectivity index (χ3v) is 2.46. The molecular formula is C11H17N5. The van der Waals surface area contributed by atoms with Crippen LogP contribution >= 0.6 is 0 Å². The van der Waals surface area contributed by atoms with Gasteiger partial charge in [0.2, 0.25) is 0 Å². The number of hydrogen-bond acceptors (Lipinski definition) is 3. The maximum atomic E-state index is 4.26. The van der Waals surface area contributed by atoms with Crippen molar-refractivity contribution in [1.82, 2.24) is 19.3 Å². The molecule has 0 fully saturated rings. The molecule has 0 radical (unpaired) electrons. The lowest BCUT2D eigenvalue weighted by Gasteiger charge is -2.03. The maximum Gasteiger partial charge on any atom is 0.127 e. The number of hydrogen-bond donors (Lipinski definition) is 1. The molecule has 2 rings (SSSR count). The van der Waals surface area contributed by atoms with Crippen molar-refractivity contribution in [3.05, 3.63) is 30.6 Å². The lowest BCUT2D eigenvalue weighted by atomic mass is 10.5. The summed E-state index contributed by atoms with van der Waals surface area (Å²) in [6, 6.07) is 0. The molecule has 86 valence electrons. The van der Waals surface area contributed by atoms with Crippen LogP contribution in [0.2, 0.25) is 0 Å². The van der Waals surface area contributed by atoms with Gasteiger partial charge in [-0.1, -0.05) is 6.92 Å². The fourth-order valence-corrected chi connectivity index (χ4v) is 1.55. The van der Waals surface area contributed by atoms with Gasteiger partial charge in [0.25, 0.3) is 0 Å².